The average molecular weight is 447 g/mol. The third-order valence-corrected chi connectivity index (χ3v) is 6.17. The standard InChI is InChI=1S/C27H31FN4O/c1-2-25(22-7-4-3-5-8-22)27(33)30-24-13-14-26(29-19-24)32-16-6-15-31(17-18-32)20-21-9-11-23(28)12-10-21/h3-5,7-14,19,25H,2,6,15-18,20H2,1H3,(H,30,33)/t25-/m0/s1. The Labute approximate surface area is 195 Å². The van der Waals surface area contributed by atoms with Gasteiger partial charge < -0.3 is 10.2 Å². The lowest BCUT2D eigenvalue weighted by molar-refractivity contribution is -0.117. The molecule has 0 saturated carbocycles. The molecule has 172 valence electrons. The Morgan fingerprint density at radius 1 is 1.00 bits per heavy atom. The van der Waals surface area contributed by atoms with Crippen LogP contribution in [0.4, 0.5) is 15.9 Å². The van der Waals surface area contributed by atoms with Gasteiger partial charge in [-0.25, -0.2) is 9.37 Å². The van der Waals surface area contributed by atoms with Crippen LogP contribution in [0, 0.1) is 5.82 Å². The average Bonchev–Trinajstić information content (AvgIpc) is 3.08. The summed E-state index contributed by atoms with van der Waals surface area (Å²) < 4.78 is 13.2. The first kappa shape index (κ1) is 22.9. The van der Waals surface area contributed by atoms with Crippen molar-refractivity contribution in [2.45, 2.75) is 32.2 Å². The zero-order valence-corrected chi connectivity index (χ0v) is 19.1. The summed E-state index contributed by atoms with van der Waals surface area (Å²) in [6.45, 7) is 6.59. The van der Waals surface area contributed by atoms with Crippen LogP contribution in [0.3, 0.4) is 0 Å². The van der Waals surface area contributed by atoms with E-state index in [0.717, 1.165) is 62.5 Å². The van der Waals surface area contributed by atoms with E-state index < -0.39 is 0 Å². The van der Waals surface area contributed by atoms with Gasteiger partial charge in [0.1, 0.15) is 11.6 Å². The summed E-state index contributed by atoms with van der Waals surface area (Å²) in [6, 6.07) is 20.5. The number of hydrogen-bond acceptors (Lipinski definition) is 4. The minimum absolute atomic E-state index is 0.00976. The van der Waals surface area contributed by atoms with Crippen LogP contribution in [0.15, 0.2) is 72.9 Å². The number of rotatable bonds is 7. The van der Waals surface area contributed by atoms with Crippen LogP contribution in [0.25, 0.3) is 0 Å². The summed E-state index contributed by atoms with van der Waals surface area (Å²) in [5, 5.41) is 3.02. The number of nitrogens with zero attached hydrogens (tertiary/aromatic N) is 3. The van der Waals surface area contributed by atoms with E-state index in [1.165, 1.54) is 12.1 Å². The van der Waals surface area contributed by atoms with E-state index in [1.807, 2.05) is 61.5 Å². The first-order chi connectivity index (χ1) is 16.1. The number of benzene rings is 2. The number of halogens is 1. The van der Waals surface area contributed by atoms with Crippen LogP contribution in [0.1, 0.15) is 36.8 Å². The molecule has 0 bridgehead atoms. The Morgan fingerprint density at radius 2 is 1.79 bits per heavy atom. The number of anilines is 2. The highest BCUT2D eigenvalue weighted by Gasteiger charge is 2.19. The van der Waals surface area contributed by atoms with Crippen molar-refractivity contribution in [1.82, 2.24) is 9.88 Å². The van der Waals surface area contributed by atoms with Gasteiger partial charge in [0, 0.05) is 32.7 Å². The van der Waals surface area contributed by atoms with Crippen molar-refractivity contribution in [3.8, 4) is 0 Å². The molecule has 0 spiro atoms. The van der Waals surface area contributed by atoms with Crippen molar-refractivity contribution in [3.63, 3.8) is 0 Å². The molecule has 1 N–H and O–H groups in total. The highest BCUT2D eigenvalue weighted by molar-refractivity contribution is 5.95. The molecule has 1 aliphatic heterocycles. The van der Waals surface area contributed by atoms with Gasteiger partial charge in [0.2, 0.25) is 5.91 Å². The fraction of sp³-hybridized carbons (Fsp3) is 0.333. The Bertz CT molecular complexity index is 1020. The van der Waals surface area contributed by atoms with Gasteiger partial charge in [-0.1, -0.05) is 49.4 Å². The molecule has 1 atom stereocenters. The topological polar surface area (TPSA) is 48.5 Å². The molecule has 1 aliphatic rings. The van der Waals surface area contributed by atoms with Gasteiger partial charge in [-0.3, -0.25) is 9.69 Å². The van der Waals surface area contributed by atoms with Crippen LogP contribution in [0.2, 0.25) is 0 Å². The van der Waals surface area contributed by atoms with Gasteiger partial charge in [0.15, 0.2) is 0 Å². The van der Waals surface area contributed by atoms with Crippen molar-refractivity contribution in [2.24, 2.45) is 0 Å². The molecule has 5 nitrogen and oxygen atoms in total. The quantitative estimate of drug-likeness (QED) is 0.551. The van der Waals surface area contributed by atoms with Crippen LogP contribution >= 0.6 is 0 Å². The SMILES string of the molecule is CC[C@H](C(=O)Nc1ccc(N2CCCN(Cc3ccc(F)cc3)CC2)nc1)c1ccccc1. The summed E-state index contributed by atoms with van der Waals surface area (Å²) in [4.78, 5) is 22.1. The van der Waals surface area contributed by atoms with Crippen molar-refractivity contribution < 1.29 is 9.18 Å². The van der Waals surface area contributed by atoms with E-state index in [0.29, 0.717) is 5.69 Å². The molecule has 6 heteroatoms. The minimum atomic E-state index is -0.197. The van der Waals surface area contributed by atoms with Gasteiger partial charge in [-0.2, -0.15) is 0 Å². The van der Waals surface area contributed by atoms with Crippen LogP contribution < -0.4 is 10.2 Å². The molecule has 1 aromatic heterocycles. The van der Waals surface area contributed by atoms with Gasteiger partial charge in [0.25, 0.3) is 0 Å². The maximum atomic E-state index is 13.2. The number of pyridine rings is 1. The molecule has 1 amide bonds. The smallest absolute Gasteiger partial charge is 0.231 e. The van der Waals surface area contributed by atoms with Crippen LogP contribution in [0.5, 0.6) is 0 Å². The second kappa shape index (κ2) is 11.1. The Balaban J connectivity index is 1.33. The van der Waals surface area contributed by atoms with Crippen molar-refractivity contribution in [3.05, 3.63) is 89.9 Å². The number of hydrogen-bond donors (Lipinski definition) is 1. The van der Waals surface area contributed by atoms with Crippen molar-refractivity contribution in [1.29, 1.82) is 0 Å². The normalized spacial score (nSPS) is 15.6. The first-order valence-electron chi connectivity index (χ1n) is 11.7. The molecule has 0 radical (unpaired) electrons. The lowest BCUT2D eigenvalue weighted by Crippen LogP contribution is -2.31. The molecule has 1 fully saturated rings. The second-order valence-corrected chi connectivity index (χ2v) is 8.51. The maximum absolute atomic E-state index is 13.2. The van der Waals surface area contributed by atoms with Gasteiger partial charge >= 0.3 is 0 Å². The lowest BCUT2D eigenvalue weighted by atomic mass is 9.95. The van der Waals surface area contributed by atoms with Crippen molar-refractivity contribution >= 4 is 17.4 Å². The van der Waals surface area contributed by atoms with Crippen LogP contribution in [-0.2, 0) is 11.3 Å². The Hall–Kier alpha value is -3.25. The molecule has 33 heavy (non-hydrogen) atoms. The summed E-state index contributed by atoms with van der Waals surface area (Å²) >= 11 is 0. The molecule has 4 rings (SSSR count). The Kier molecular flexibility index (Phi) is 7.68. The van der Waals surface area contributed by atoms with E-state index in [-0.39, 0.29) is 17.6 Å². The van der Waals surface area contributed by atoms with Gasteiger partial charge in [-0.15, -0.1) is 0 Å². The summed E-state index contributed by atoms with van der Waals surface area (Å²) in [5.41, 5.74) is 2.87. The number of amides is 1. The third kappa shape index (κ3) is 6.17. The zero-order chi connectivity index (χ0) is 23.0. The fourth-order valence-corrected chi connectivity index (χ4v) is 4.34. The second-order valence-electron chi connectivity index (χ2n) is 8.51. The number of aromatic nitrogens is 1. The minimum Gasteiger partial charge on any atom is -0.355 e. The van der Waals surface area contributed by atoms with E-state index in [4.69, 9.17) is 0 Å². The molecule has 2 aromatic carbocycles. The summed E-state index contributed by atoms with van der Waals surface area (Å²) in [5.74, 6) is 0.538. The van der Waals surface area contributed by atoms with E-state index >= 15 is 0 Å². The van der Waals surface area contributed by atoms with E-state index in [1.54, 1.807) is 6.20 Å². The first-order valence-corrected chi connectivity index (χ1v) is 11.7. The third-order valence-electron chi connectivity index (χ3n) is 6.17. The van der Waals surface area contributed by atoms with E-state index in [9.17, 15) is 9.18 Å². The molecular formula is C27H31FN4O. The highest BCUT2D eigenvalue weighted by Crippen LogP contribution is 2.22. The lowest BCUT2D eigenvalue weighted by Gasteiger charge is -2.23. The molecule has 2 heterocycles. The monoisotopic (exact) mass is 446 g/mol. The predicted octanol–water partition coefficient (Wildman–Crippen LogP) is 5.07. The predicted molar refractivity (Wildman–Crippen MR) is 131 cm³/mol. The molecule has 0 unspecified atom stereocenters. The number of carbonyl (C=O) groups excluding carboxylic acids is 1. The number of carbonyl (C=O) groups is 1. The molecule has 3 aromatic rings. The molecule has 0 aliphatic carbocycles. The Morgan fingerprint density at radius 3 is 2.48 bits per heavy atom. The number of nitrogens with one attached hydrogen (secondary N) is 1. The van der Waals surface area contributed by atoms with Gasteiger partial charge in [-0.05, 0) is 48.2 Å². The van der Waals surface area contributed by atoms with E-state index in [2.05, 4.69) is 20.1 Å². The fourth-order valence-electron chi connectivity index (χ4n) is 4.34. The molecular weight excluding hydrogens is 415 g/mol. The zero-order valence-electron chi connectivity index (χ0n) is 19.1. The van der Waals surface area contributed by atoms with Crippen molar-refractivity contribution in [2.75, 3.05) is 36.4 Å². The summed E-state index contributed by atoms with van der Waals surface area (Å²) in [6.07, 6.45) is 3.52. The highest BCUT2D eigenvalue weighted by atomic mass is 19.1. The molecule has 1 saturated heterocycles. The van der Waals surface area contributed by atoms with Gasteiger partial charge in [0.05, 0.1) is 17.8 Å². The maximum Gasteiger partial charge on any atom is 0.231 e. The summed E-state index contributed by atoms with van der Waals surface area (Å²) in [7, 11) is 0. The largest absolute Gasteiger partial charge is 0.355 e. The van der Waals surface area contributed by atoms with Crippen LogP contribution in [-0.4, -0.2) is 42.0 Å².